The predicted molar refractivity (Wildman–Crippen MR) is 85.7 cm³/mol. The first-order valence-corrected chi connectivity index (χ1v) is 6.95. The third kappa shape index (κ3) is 4.29. The van der Waals surface area contributed by atoms with Crippen LogP contribution in [0.2, 0.25) is 0 Å². The number of nitrogens with one attached hydrogen (secondary N) is 1. The molecule has 3 N–H and O–H groups in total. The largest absolute Gasteiger partial charge is 0.330 e. The number of benzene rings is 1. The topological polar surface area (TPSA) is 71.2 Å². The fourth-order valence-electron chi connectivity index (χ4n) is 1.93. The number of pyridine rings is 1. The molecule has 0 spiro atoms. The first kappa shape index (κ1) is 15.0. The van der Waals surface area contributed by atoms with Gasteiger partial charge in [0, 0.05) is 19.2 Å². The Kier molecular flexibility index (Phi) is 5.29. The van der Waals surface area contributed by atoms with Crippen molar-refractivity contribution in [2.24, 2.45) is 5.73 Å². The van der Waals surface area contributed by atoms with Crippen molar-refractivity contribution in [2.75, 3.05) is 23.8 Å². The molecule has 0 aliphatic heterocycles. The van der Waals surface area contributed by atoms with Gasteiger partial charge < -0.3 is 16.0 Å². The lowest BCUT2D eigenvalue weighted by molar-refractivity contribution is -0.116. The number of nitrogens with two attached hydrogens (primary N) is 1. The van der Waals surface area contributed by atoms with Crippen LogP contribution in [0, 0.1) is 0 Å². The monoisotopic (exact) mass is 284 g/mol. The minimum absolute atomic E-state index is 0.0357. The van der Waals surface area contributed by atoms with Gasteiger partial charge in [-0.2, -0.15) is 0 Å². The summed E-state index contributed by atoms with van der Waals surface area (Å²) >= 11 is 0. The van der Waals surface area contributed by atoms with Crippen LogP contribution in [0.15, 0.2) is 48.7 Å². The summed E-state index contributed by atoms with van der Waals surface area (Å²) in [5, 5.41) is 2.81. The van der Waals surface area contributed by atoms with Crippen molar-refractivity contribution in [3.63, 3.8) is 0 Å². The van der Waals surface area contributed by atoms with Crippen LogP contribution < -0.4 is 16.0 Å². The SMILES string of the molecule is CN(c1ccccc1)c1ccc(NC(=O)CCCN)cn1. The molecule has 1 aromatic carbocycles. The minimum Gasteiger partial charge on any atom is -0.330 e. The van der Waals surface area contributed by atoms with Crippen LogP contribution in [-0.4, -0.2) is 24.5 Å². The summed E-state index contributed by atoms with van der Waals surface area (Å²) in [6.07, 6.45) is 2.78. The summed E-state index contributed by atoms with van der Waals surface area (Å²) in [4.78, 5) is 18.0. The Labute approximate surface area is 124 Å². The van der Waals surface area contributed by atoms with Gasteiger partial charge in [0.05, 0.1) is 11.9 Å². The van der Waals surface area contributed by atoms with Gasteiger partial charge in [0.1, 0.15) is 5.82 Å². The van der Waals surface area contributed by atoms with Gasteiger partial charge in [-0.15, -0.1) is 0 Å². The third-order valence-electron chi connectivity index (χ3n) is 3.13. The number of hydrogen-bond donors (Lipinski definition) is 2. The first-order chi connectivity index (χ1) is 10.2. The van der Waals surface area contributed by atoms with Crippen LogP contribution in [0.25, 0.3) is 0 Å². The van der Waals surface area contributed by atoms with Gasteiger partial charge in [-0.25, -0.2) is 4.98 Å². The van der Waals surface area contributed by atoms with E-state index in [9.17, 15) is 4.79 Å². The third-order valence-corrected chi connectivity index (χ3v) is 3.13. The normalized spacial score (nSPS) is 10.2. The van der Waals surface area contributed by atoms with Gasteiger partial charge >= 0.3 is 0 Å². The van der Waals surface area contributed by atoms with E-state index >= 15 is 0 Å². The molecule has 0 saturated heterocycles. The van der Waals surface area contributed by atoms with Gasteiger partial charge in [0.15, 0.2) is 0 Å². The van der Waals surface area contributed by atoms with Crippen molar-refractivity contribution in [3.8, 4) is 0 Å². The number of rotatable bonds is 6. The smallest absolute Gasteiger partial charge is 0.224 e. The number of carbonyl (C=O) groups is 1. The van der Waals surface area contributed by atoms with Crippen LogP contribution in [0.4, 0.5) is 17.2 Å². The Morgan fingerprint density at radius 1 is 1.24 bits per heavy atom. The highest BCUT2D eigenvalue weighted by Crippen LogP contribution is 2.21. The Morgan fingerprint density at radius 3 is 2.62 bits per heavy atom. The molecule has 0 atom stereocenters. The highest BCUT2D eigenvalue weighted by molar-refractivity contribution is 5.90. The number of amides is 1. The fourth-order valence-corrected chi connectivity index (χ4v) is 1.93. The molecule has 0 radical (unpaired) electrons. The summed E-state index contributed by atoms with van der Waals surface area (Å²) in [7, 11) is 1.96. The highest BCUT2D eigenvalue weighted by Gasteiger charge is 2.06. The number of carbonyl (C=O) groups excluding carboxylic acids is 1. The van der Waals surface area contributed by atoms with Crippen LogP contribution in [-0.2, 0) is 4.79 Å². The molecule has 110 valence electrons. The second-order valence-corrected chi connectivity index (χ2v) is 4.74. The Balaban J connectivity index is 2.00. The predicted octanol–water partition coefficient (Wildman–Crippen LogP) is 2.53. The number of anilines is 3. The van der Waals surface area contributed by atoms with E-state index in [-0.39, 0.29) is 5.91 Å². The molecule has 0 aliphatic rings. The Hall–Kier alpha value is -2.40. The van der Waals surface area contributed by atoms with E-state index < -0.39 is 0 Å². The molecule has 5 heteroatoms. The van der Waals surface area contributed by atoms with Gasteiger partial charge in [-0.3, -0.25) is 4.79 Å². The van der Waals surface area contributed by atoms with Crippen molar-refractivity contribution in [2.45, 2.75) is 12.8 Å². The molecule has 1 heterocycles. The maximum atomic E-state index is 11.6. The molecule has 0 fully saturated rings. The average molecular weight is 284 g/mol. The van der Waals surface area contributed by atoms with Gasteiger partial charge in [0.25, 0.3) is 0 Å². The van der Waals surface area contributed by atoms with Crippen LogP contribution in [0.3, 0.4) is 0 Å². The molecule has 21 heavy (non-hydrogen) atoms. The zero-order valence-corrected chi connectivity index (χ0v) is 12.1. The maximum Gasteiger partial charge on any atom is 0.224 e. The summed E-state index contributed by atoms with van der Waals surface area (Å²) in [5.74, 6) is 0.785. The molecular weight excluding hydrogens is 264 g/mol. The summed E-state index contributed by atoms with van der Waals surface area (Å²) in [5.41, 5.74) is 7.14. The maximum absolute atomic E-state index is 11.6. The Morgan fingerprint density at radius 2 is 2.00 bits per heavy atom. The summed E-state index contributed by atoms with van der Waals surface area (Å²) in [6, 6.07) is 13.7. The van der Waals surface area contributed by atoms with E-state index in [1.165, 1.54) is 0 Å². The molecule has 2 rings (SSSR count). The van der Waals surface area contributed by atoms with Crippen molar-refractivity contribution >= 4 is 23.1 Å². The number of hydrogen-bond acceptors (Lipinski definition) is 4. The zero-order chi connectivity index (χ0) is 15.1. The average Bonchev–Trinajstić information content (AvgIpc) is 2.54. The lowest BCUT2D eigenvalue weighted by Gasteiger charge is -2.18. The summed E-state index contributed by atoms with van der Waals surface area (Å²) < 4.78 is 0. The van der Waals surface area contributed by atoms with E-state index in [0.717, 1.165) is 11.5 Å². The van der Waals surface area contributed by atoms with Gasteiger partial charge in [-0.1, -0.05) is 18.2 Å². The van der Waals surface area contributed by atoms with E-state index in [1.54, 1.807) is 6.20 Å². The van der Waals surface area contributed by atoms with Crippen LogP contribution in [0.1, 0.15) is 12.8 Å². The molecule has 0 aliphatic carbocycles. The van der Waals surface area contributed by atoms with Gasteiger partial charge in [-0.05, 0) is 37.2 Å². The summed E-state index contributed by atoms with van der Waals surface area (Å²) in [6.45, 7) is 0.520. The minimum atomic E-state index is -0.0357. The van der Waals surface area contributed by atoms with Gasteiger partial charge in [0.2, 0.25) is 5.91 Å². The molecule has 0 bridgehead atoms. The molecular formula is C16H20N4O. The van der Waals surface area contributed by atoms with Crippen molar-refractivity contribution in [1.29, 1.82) is 0 Å². The quantitative estimate of drug-likeness (QED) is 0.855. The molecule has 0 unspecified atom stereocenters. The fraction of sp³-hybridized carbons (Fsp3) is 0.250. The molecule has 2 aromatic rings. The van der Waals surface area contributed by atoms with E-state index in [0.29, 0.717) is 25.1 Å². The second kappa shape index (κ2) is 7.40. The zero-order valence-electron chi connectivity index (χ0n) is 12.1. The van der Waals surface area contributed by atoms with E-state index in [2.05, 4.69) is 10.3 Å². The standard InChI is InChI=1S/C16H20N4O/c1-20(14-6-3-2-4-7-14)15-10-9-13(12-18-15)19-16(21)8-5-11-17/h2-4,6-7,9-10,12H,5,8,11,17H2,1H3,(H,19,21). The second-order valence-electron chi connectivity index (χ2n) is 4.74. The molecule has 1 amide bonds. The van der Waals surface area contributed by atoms with Crippen molar-refractivity contribution in [1.82, 2.24) is 4.98 Å². The first-order valence-electron chi connectivity index (χ1n) is 6.95. The van der Waals surface area contributed by atoms with E-state index in [4.69, 9.17) is 5.73 Å². The van der Waals surface area contributed by atoms with Crippen molar-refractivity contribution in [3.05, 3.63) is 48.7 Å². The van der Waals surface area contributed by atoms with Crippen molar-refractivity contribution < 1.29 is 4.79 Å². The lowest BCUT2D eigenvalue weighted by atomic mass is 10.3. The number of para-hydroxylation sites is 1. The van der Waals surface area contributed by atoms with Crippen LogP contribution >= 0.6 is 0 Å². The molecule has 5 nitrogen and oxygen atoms in total. The van der Waals surface area contributed by atoms with Crippen LogP contribution in [0.5, 0.6) is 0 Å². The number of nitrogens with zero attached hydrogens (tertiary/aromatic N) is 2. The highest BCUT2D eigenvalue weighted by atomic mass is 16.1. The lowest BCUT2D eigenvalue weighted by Crippen LogP contribution is -2.14. The molecule has 0 saturated carbocycles. The molecule has 1 aromatic heterocycles. The number of aromatic nitrogens is 1. The van der Waals surface area contributed by atoms with E-state index in [1.807, 2.05) is 54.4 Å². The Bertz CT molecular complexity index is 569.